The molecule has 0 bridgehead atoms. The van der Waals surface area contributed by atoms with Crippen LogP contribution in [0.1, 0.15) is 41.9 Å². The molecule has 2 amide bonds. The number of thiophene rings is 1. The number of sulfone groups is 1. The molecule has 1 aliphatic rings. The van der Waals surface area contributed by atoms with Crippen LogP contribution in [0.2, 0.25) is 5.02 Å². The minimum Gasteiger partial charge on any atom is -0.354 e. The molecule has 186 valence electrons. The van der Waals surface area contributed by atoms with Gasteiger partial charge in [0.25, 0.3) is 5.91 Å². The van der Waals surface area contributed by atoms with Crippen LogP contribution >= 0.6 is 22.9 Å². The molecule has 1 aliphatic heterocycles. The number of carbonyl (C=O) groups excluding carboxylic acids is 2. The number of benzene rings is 1. The van der Waals surface area contributed by atoms with E-state index in [9.17, 15) is 18.0 Å². The molecule has 0 radical (unpaired) electrons. The lowest BCUT2D eigenvalue weighted by atomic mass is 9.95. The van der Waals surface area contributed by atoms with Crippen LogP contribution in [-0.2, 0) is 21.2 Å². The Labute approximate surface area is 210 Å². The molecule has 1 aromatic heterocycles. The van der Waals surface area contributed by atoms with Crippen molar-refractivity contribution >= 4 is 44.6 Å². The molecule has 1 unspecified atom stereocenters. The molecule has 1 atom stereocenters. The largest absolute Gasteiger partial charge is 0.354 e. The maximum absolute atomic E-state index is 12.9. The van der Waals surface area contributed by atoms with E-state index in [0.29, 0.717) is 12.5 Å². The molecule has 2 heterocycles. The number of likely N-dealkylation sites (tertiary alicyclic amines) is 1. The van der Waals surface area contributed by atoms with Crippen LogP contribution in [0.5, 0.6) is 0 Å². The normalized spacial score (nSPS) is 16.4. The Hall–Kier alpha value is -1.94. The van der Waals surface area contributed by atoms with E-state index < -0.39 is 21.8 Å². The van der Waals surface area contributed by atoms with E-state index in [1.807, 2.05) is 38.1 Å². The Kier molecular flexibility index (Phi) is 9.14. The number of nitrogens with one attached hydrogen (secondary N) is 2. The minimum absolute atomic E-state index is 0.112. The second-order valence-electron chi connectivity index (χ2n) is 9.18. The van der Waals surface area contributed by atoms with Gasteiger partial charge >= 0.3 is 0 Å². The van der Waals surface area contributed by atoms with Gasteiger partial charge in [-0.1, -0.05) is 37.6 Å². The van der Waals surface area contributed by atoms with Gasteiger partial charge in [0.05, 0.1) is 4.88 Å². The van der Waals surface area contributed by atoms with Crippen molar-refractivity contribution in [3.05, 3.63) is 51.9 Å². The number of hydrogen-bond acceptors (Lipinski definition) is 6. The molecule has 1 saturated heterocycles. The van der Waals surface area contributed by atoms with E-state index in [1.54, 1.807) is 0 Å². The quantitative estimate of drug-likeness (QED) is 0.521. The van der Waals surface area contributed by atoms with Crippen molar-refractivity contribution in [3.63, 3.8) is 0 Å². The van der Waals surface area contributed by atoms with Gasteiger partial charge in [0, 0.05) is 24.4 Å². The van der Waals surface area contributed by atoms with E-state index in [-0.39, 0.29) is 20.9 Å². The van der Waals surface area contributed by atoms with Crippen molar-refractivity contribution in [2.45, 2.75) is 43.5 Å². The first kappa shape index (κ1) is 26.7. The van der Waals surface area contributed by atoms with E-state index in [1.165, 1.54) is 17.7 Å². The first-order valence-corrected chi connectivity index (χ1v) is 14.5. The summed E-state index contributed by atoms with van der Waals surface area (Å²) in [4.78, 5) is 28.2. The van der Waals surface area contributed by atoms with Crippen molar-refractivity contribution in [2.24, 2.45) is 11.8 Å². The van der Waals surface area contributed by atoms with Crippen LogP contribution in [0.25, 0.3) is 0 Å². The summed E-state index contributed by atoms with van der Waals surface area (Å²) in [6.45, 7) is 7.14. The number of hydrogen-bond donors (Lipinski definition) is 2. The second-order valence-corrected chi connectivity index (χ2v) is 12.9. The topological polar surface area (TPSA) is 95.6 Å². The molecule has 7 nitrogen and oxygen atoms in total. The van der Waals surface area contributed by atoms with Gasteiger partial charge < -0.3 is 10.6 Å². The van der Waals surface area contributed by atoms with Gasteiger partial charge in [-0.25, -0.2) is 8.42 Å². The van der Waals surface area contributed by atoms with Gasteiger partial charge in [0.1, 0.15) is 10.3 Å². The number of halogens is 1. The van der Waals surface area contributed by atoms with Crippen molar-refractivity contribution in [2.75, 3.05) is 25.9 Å². The predicted molar refractivity (Wildman–Crippen MR) is 136 cm³/mol. The average molecular weight is 526 g/mol. The molecular formula is C24H32ClN3O4S2. The lowest BCUT2D eigenvalue weighted by Crippen LogP contribution is -2.50. The molecule has 0 spiro atoms. The molecule has 0 aliphatic carbocycles. The van der Waals surface area contributed by atoms with Crippen LogP contribution in [-0.4, -0.2) is 57.1 Å². The number of rotatable bonds is 9. The molecule has 0 saturated carbocycles. The first-order valence-electron chi connectivity index (χ1n) is 11.4. The Balaban J connectivity index is 1.47. The van der Waals surface area contributed by atoms with Crippen LogP contribution in [0, 0.1) is 11.8 Å². The standard InChI is InChI=1S/C24H32ClN3O4S2/c1-16(2)22(27-23(29)20-8-9-21(33-20)34(3,31)32)24(30)26-14-17-10-12-28(13-11-17)15-18-4-6-19(25)7-5-18/h4-9,16-17,22H,10-15H2,1-3H3,(H,26,30)(H,27,29). The van der Waals surface area contributed by atoms with E-state index in [0.717, 1.165) is 55.1 Å². The zero-order valence-electron chi connectivity index (χ0n) is 19.7. The summed E-state index contributed by atoms with van der Waals surface area (Å²) in [5.74, 6) is -0.376. The summed E-state index contributed by atoms with van der Waals surface area (Å²) >= 11 is 6.87. The molecule has 34 heavy (non-hydrogen) atoms. The van der Waals surface area contributed by atoms with Gasteiger partial charge in [0.15, 0.2) is 9.84 Å². The second kappa shape index (κ2) is 11.7. The molecule has 2 N–H and O–H groups in total. The minimum atomic E-state index is -3.37. The first-order chi connectivity index (χ1) is 16.0. The molecule has 2 aromatic rings. The van der Waals surface area contributed by atoms with E-state index >= 15 is 0 Å². The third kappa shape index (κ3) is 7.53. The number of nitrogens with zero attached hydrogens (tertiary/aromatic N) is 1. The number of piperidine rings is 1. The number of amides is 2. The van der Waals surface area contributed by atoms with Gasteiger partial charge in [-0.3, -0.25) is 14.5 Å². The van der Waals surface area contributed by atoms with Crippen LogP contribution < -0.4 is 10.6 Å². The Bertz CT molecular complexity index is 1090. The molecule has 10 heteroatoms. The van der Waals surface area contributed by atoms with Crippen molar-refractivity contribution in [1.82, 2.24) is 15.5 Å². The summed E-state index contributed by atoms with van der Waals surface area (Å²) in [5.41, 5.74) is 1.24. The Morgan fingerprint density at radius 1 is 1.12 bits per heavy atom. The zero-order valence-corrected chi connectivity index (χ0v) is 22.1. The fourth-order valence-electron chi connectivity index (χ4n) is 3.94. The predicted octanol–water partition coefficient (Wildman–Crippen LogP) is 3.59. The Morgan fingerprint density at radius 2 is 1.76 bits per heavy atom. The van der Waals surface area contributed by atoms with Crippen molar-refractivity contribution in [3.8, 4) is 0 Å². The smallest absolute Gasteiger partial charge is 0.262 e. The fourth-order valence-corrected chi connectivity index (χ4v) is 5.90. The molecule has 1 fully saturated rings. The SMILES string of the molecule is CC(C)C(NC(=O)c1ccc(S(C)(=O)=O)s1)C(=O)NCC1CCN(Cc2ccc(Cl)cc2)CC1. The summed E-state index contributed by atoms with van der Waals surface area (Å²) in [6.07, 6.45) is 3.10. The Morgan fingerprint density at radius 3 is 2.32 bits per heavy atom. The van der Waals surface area contributed by atoms with Crippen molar-refractivity contribution in [1.29, 1.82) is 0 Å². The van der Waals surface area contributed by atoms with Gasteiger partial charge in [-0.2, -0.15) is 0 Å². The van der Waals surface area contributed by atoms with Crippen LogP contribution in [0.3, 0.4) is 0 Å². The fraction of sp³-hybridized carbons (Fsp3) is 0.500. The third-order valence-corrected chi connectivity index (χ3v) is 9.15. The highest BCUT2D eigenvalue weighted by molar-refractivity contribution is 7.92. The van der Waals surface area contributed by atoms with Gasteiger partial charge in [0.2, 0.25) is 5.91 Å². The van der Waals surface area contributed by atoms with Crippen LogP contribution in [0.15, 0.2) is 40.6 Å². The average Bonchev–Trinajstić information content (AvgIpc) is 3.29. The van der Waals surface area contributed by atoms with Gasteiger partial charge in [-0.05, 0) is 67.6 Å². The molecular weight excluding hydrogens is 494 g/mol. The third-order valence-electron chi connectivity index (χ3n) is 6.00. The maximum Gasteiger partial charge on any atom is 0.262 e. The number of carbonyl (C=O) groups is 2. The van der Waals surface area contributed by atoms with Crippen molar-refractivity contribution < 1.29 is 18.0 Å². The highest BCUT2D eigenvalue weighted by Crippen LogP contribution is 2.22. The zero-order chi connectivity index (χ0) is 24.9. The summed E-state index contributed by atoms with van der Waals surface area (Å²) in [6, 6.07) is 10.1. The van der Waals surface area contributed by atoms with E-state index in [2.05, 4.69) is 15.5 Å². The summed E-state index contributed by atoms with van der Waals surface area (Å²) < 4.78 is 23.5. The highest BCUT2D eigenvalue weighted by Gasteiger charge is 2.27. The summed E-state index contributed by atoms with van der Waals surface area (Å²) in [7, 11) is -3.37. The van der Waals surface area contributed by atoms with Crippen LogP contribution in [0.4, 0.5) is 0 Å². The molecule has 1 aromatic carbocycles. The monoisotopic (exact) mass is 525 g/mol. The lowest BCUT2D eigenvalue weighted by molar-refractivity contribution is -0.124. The molecule has 3 rings (SSSR count). The lowest BCUT2D eigenvalue weighted by Gasteiger charge is -2.32. The van der Waals surface area contributed by atoms with E-state index in [4.69, 9.17) is 11.6 Å². The van der Waals surface area contributed by atoms with Gasteiger partial charge in [-0.15, -0.1) is 11.3 Å². The summed E-state index contributed by atoms with van der Waals surface area (Å²) in [5, 5.41) is 6.52. The highest BCUT2D eigenvalue weighted by atomic mass is 35.5. The maximum atomic E-state index is 12.9.